The lowest BCUT2D eigenvalue weighted by atomic mass is 9.99. The van der Waals surface area contributed by atoms with E-state index in [1.54, 1.807) is 19.1 Å². The summed E-state index contributed by atoms with van der Waals surface area (Å²) in [5.74, 6) is -1.64. The number of carboxylic acid groups (broad SMARTS) is 1. The van der Waals surface area contributed by atoms with Crippen molar-refractivity contribution in [2.45, 2.75) is 26.3 Å². The molecule has 6 heteroatoms. The number of halogens is 1. The van der Waals surface area contributed by atoms with Crippen LogP contribution in [0.4, 0.5) is 5.69 Å². The van der Waals surface area contributed by atoms with Gasteiger partial charge < -0.3 is 16.2 Å². The van der Waals surface area contributed by atoms with Crippen molar-refractivity contribution < 1.29 is 14.7 Å². The van der Waals surface area contributed by atoms with Crippen molar-refractivity contribution in [2.24, 2.45) is 5.92 Å². The van der Waals surface area contributed by atoms with Crippen LogP contribution in [0.15, 0.2) is 22.7 Å². The van der Waals surface area contributed by atoms with Gasteiger partial charge >= 0.3 is 5.97 Å². The Morgan fingerprint density at radius 3 is 2.63 bits per heavy atom. The topological polar surface area (TPSA) is 92.4 Å². The lowest BCUT2D eigenvalue weighted by molar-refractivity contribution is -0.140. The number of nitrogen functional groups attached to an aromatic ring is 1. The van der Waals surface area contributed by atoms with Crippen molar-refractivity contribution in [3.63, 3.8) is 0 Å². The van der Waals surface area contributed by atoms with Crippen LogP contribution in [0.1, 0.15) is 30.6 Å². The number of nitrogens with one attached hydrogen (secondary N) is 1. The molecule has 104 valence electrons. The van der Waals surface area contributed by atoms with Gasteiger partial charge in [-0.15, -0.1) is 0 Å². The average Bonchev–Trinajstić information content (AvgIpc) is 2.37. The van der Waals surface area contributed by atoms with E-state index in [4.69, 9.17) is 10.8 Å². The number of hydrogen-bond donors (Lipinski definition) is 3. The quantitative estimate of drug-likeness (QED) is 0.723. The fourth-order valence-corrected chi connectivity index (χ4v) is 2.05. The van der Waals surface area contributed by atoms with Gasteiger partial charge in [0.25, 0.3) is 5.91 Å². The maximum atomic E-state index is 12.1. The van der Waals surface area contributed by atoms with Gasteiger partial charge in [-0.1, -0.05) is 20.3 Å². The van der Waals surface area contributed by atoms with Gasteiger partial charge in [-0.3, -0.25) is 4.79 Å². The van der Waals surface area contributed by atoms with Crippen LogP contribution in [0.5, 0.6) is 0 Å². The van der Waals surface area contributed by atoms with Crippen molar-refractivity contribution in [2.75, 3.05) is 5.73 Å². The molecule has 0 radical (unpaired) electrons. The SMILES string of the molecule is CCC(C)[C@H](NC(=O)c1cc(N)ccc1Br)C(=O)O. The van der Waals surface area contributed by atoms with Crippen LogP contribution < -0.4 is 11.1 Å². The molecular weight excluding hydrogens is 312 g/mol. The number of nitrogens with two attached hydrogens (primary N) is 1. The second-order valence-corrected chi connectivity index (χ2v) is 5.27. The van der Waals surface area contributed by atoms with Crippen LogP contribution in [-0.4, -0.2) is 23.0 Å². The maximum absolute atomic E-state index is 12.1. The molecule has 0 aliphatic heterocycles. The predicted octanol–water partition coefficient (Wildman–Crippen LogP) is 2.26. The molecule has 19 heavy (non-hydrogen) atoms. The van der Waals surface area contributed by atoms with E-state index >= 15 is 0 Å². The molecular formula is C13H17BrN2O3. The molecule has 0 saturated heterocycles. The molecule has 0 aliphatic rings. The summed E-state index contributed by atoms with van der Waals surface area (Å²) in [5.41, 5.74) is 6.40. The van der Waals surface area contributed by atoms with Crippen LogP contribution in [0.2, 0.25) is 0 Å². The number of aliphatic carboxylic acids is 1. The smallest absolute Gasteiger partial charge is 0.326 e. The zero-order chi connectivity index (χ0) is 14.6. The van der Waals surface area contributed by atoms with Gasteiger partial charge in [0.05, 0.1) is 5.56 Å². The van der Waals surface area contributed by atoms with Crippen molar-refractivity contribution in [3.8, 4) is 0 Å². The molecule has 0 aromatic heterocycles. The Hall–Kier alpha value is -1.56. The van der Waals surface area contributed by atoms with Crippen LogP contribution in [-0.2, 0) is 4.79 Å². The highest BCUT2D eigenvalue weighted by atomic mass is 79.9. The third-order valence-corrected chi connectivity index (χ3v) is 3.69. The number of carbonyl (C=O) groups excluding carboxylic acids is 1. The lowest BCUT2D eigenvalue weighted by Gasteiger charge is -2.20. The minimum absolute atomic E-state index is 0.152. The van der Waals surface area contributed by atoms with Crippen molar-refractivity contribution in [3.05, 3.63) is 28.2 Å². The van der Waals surface area contributed by atoms with E-state index in [9.17, 15) is 9.59 Å². The molecule has 1 unspecified atom stereocenters. The van der Waals surface area contributed by atoms with Gasteiger partial charge in [-0.2, -0.15) is 0 Å². The van der Waals surface area contributed by atoms with Gasteiger partial charge in [0.1, 0.15) is 6.04 Å². The number of anilines is 1. The van der Waals surface area contributed by atoms with Crippen molar-refractivity contribution >= 4 is 33.5 Å². The Labute approximate surface area is 120 Å². The number of amides is 1. The molecule has 0 heterocycles. The standard InChI is InChI=1S/C13H17BrN2O3/c1-3-7(2)11(13(18)19)16-12(17)9-6-8(15)4-5-10(9)14/h4-7,11H,3,15H2,1-2H3,(H,16,17)(H,18,19)/t7?,11-/m0/s1. The molecule has 1 amide bonds. The predicted molar refractivity (Wildman–Crippen MR) is 76.9 cm³/mol. The van der Waals surface area contributed by atoms with Gasteiger partial charge in [0.15, 0.2) is 0 Å². The second-order valence-electron chi connectivity index (χ2n) is 4.41. The molecule has 0 aliphatic carbocycles. The number of hydrogen-bond acceptors (Lipinski definition) is 3. The van der Waals surface area contributed by atoms with Gasteiger partial charge in [0, 0.05) is 10.2 Å². The Balaban J connectivity index is 2.94. The first-order valence-electron chi connectivity index (χ1n) is 5.95. The Morgan fingerprint density at radius 2 is 2.11 bits per heavy atom. The molecule has 0 fully saturated rings. The number of benzene rings is 1. The molecule has 1 aromatic carbocycles. The largest absolute Gasteiger partial charge is 0.480 e. The summed E-state index contributed by atoms with van der Waals surface area (Å²) < 4.78 is 0.576. The van der Waals surface area contributed by atoms with Crippen molar-refractivity contribution in [1.29, 1.82) is 0 Å². The molecule has 2 atom stereocenters. The first-order valence-corrected chi connectivity index (χ1v) is 6.74. The third kappa shape index (κ3) is 3.96. The van der Waals surface area contributed by atoms with Crippen LogP contribution in [0, 0.1) is 5.92 Å². The normalized spacial score (nSPS) is 13.6. The Bertz CT molecular complexity index is 491. The van der Waals surface area contributed by atoms with Gasteiger partial charge in [-0.05, 0) is 40.0 Å². The number of carboxylic acids is 1. The molecule has 4 N–H and O–H groups in total. The minimum atomic E-state index is -1.04. The van der Waals surface area contributed by atoms with E-state index in [-0.39, 0.29) is 5.92 Å². The van der Waals surface area contributed by atoms with Gasteiger partial charge in [0.2, 0.25) is 0 Å². The fraction of sp³-hybridized carbons (Fsp3) is 0.385. The first kappa shape index (κ1) is 15.5. The zero-order valence-corrected chi connectivity index (χ0v) is 12.4. The Morgan fingerprint density at radius 1 is 1.47 bits per heavy atom. The highest BCUT2D eigenvalue weighted by Crippen LogP contribution is 2.20. The highest BCUT2D eigenvalue weighted by molar-refractivity contribution is 9.10. The van der Waals surface area contributed by atoms with E-state index in [0.29, 0.717) is 22.1 Å². The third-order valence-electron chi connectivity index (χ3n) is 3.00. The van der Waals surface area contributed by atoms with Crippen LogP contribution >= 0.6 is 15.9 Å². The summed E-state index contributed by atoms with van der Waals surface area (Å²) in [6.45, 7) is 3.66. The molecule has 5 nitrogen and oxygen atoms in total. The van der Waals surface area contributed by atoms with Crippen molar-refractivity contribution in [1.82, 2.24) is 5.32 Å². The van der Waals surface area contributed by atoms with E-state index in [0.717, 1.165) is 0 Å². The van der Waals surface area contributed by atoms with E-state index in [1.165, 1.54) is 6.07 Å². The first-order chi connectivity index (χ1) is 8.86. The molecule has 1 aromatic rings. The maximum Gasteiger partial charge on any atom is 0.326 e. The summed E-state index contributed by atoms with van der Waals surface area (Å²) in [6.07, 6.45) is 0.662. The molecule has 0 spiro atoms. The summed E-state index contributed by atoms with van der Waals surface area (Å²) in [6, 6.07) is 3.91. The summed E-state index contributed by atoms with van der Waals surface area (Å²) in [4.78, 5) is 23.3. The van der Waals surface area contributed by atoms with E-state index in [1.807, 2.05) is 6.92 Å². The second kappa shape index (κ2) is 6.56. The summed E-state index contributed by atoms with van der Waals surface area (Å²) in [7, 11) is 0. The lowest BCUT2D eigenvalue weighted by Crippen LogP contribution is -2.45. The zero-order valence-electron chi connectivity index (χ0n) is 10.8. The monoisotopic (exact) mass is 328 g/mol. The van der Waals surface area contributed by atoms with Crippen LogP contribution in [0.3, 0.4) is 0 Å². The number of rotatable bonds is 5. The average molecular weight is 329 g/mol. The molecule has 0 bridgehead atoms. The van der Waals surface area contributed by atoms with Gasteiger partial charge in [-0.25, -0.2) is 4.79 Å². The summed E-state index contributed by atoms with van der Waals surface area (Å²) in [5, 5.41) is 11.7. The number of carbonyl (C=O) groups is 2. The Kier molecular flexibility index (Phi) is 5.35. The fourth-order valence-electron chi connectivity index (χ4n) is 1.62. The molecule has 0 saturated carbocycles. The van der Waals surface area contributed by atoms with E-state index in [2.05, 4.69) is 21.2 Å². The van der Waals surface area contributed by atoms with E-state index < -0.39 is 17.9 Å². The van der Waals surface area contributed by atoms with Crippen LogP contribution in [0.25, 0.3) is 0 Å². The summed E-state index contributed by atoms with van der Waals surface area (Å²) >= 11 is 3.25. The molecule has 1 rings (SSSR count). The minimum Gasteiger partial charge on any atom is -0.480 e. The highest BCUT2D eigenvalue weighted by Gasteiger charge is 2.26.